The molecule has 2 aromatic carbocycles. The molecule has 4 aromatic heterocycles. The van der Waals surface area contributed by atoms with Crippen LogP contribution < -0.4 is 15.4 Å². The second-order valence-corrected chi connectivity index (χ2v) is 11.2. The number of nitrogen functional groups attached to an aromatic ring is 1. The number of nitrogens with zero attached hydrogens (tertiary/aromatic N) is 8. The molecule has 2 N–H and O–H groups in total. The van der Waals surface area contributed by atoms with E-state index in [1.807, 2.05) is 30.3 Å². The number of rotatable bonds is 9. The van der Waals surface area contributed by atoms with E-state index < -0.39 is 17.2 Å². The summed E-state index contributed by atoms with van der Waals surface area (Å²) in [6, 6.07) is 15.6. The Kier molecular flexibility index (Phi) is 7.67. The van der Waals surface area contributed by atoms with Crippen LogP contribution in [0, 0.1) is 11.6 Å². The molecule has 5 heterocycles. The SMILES string of the molecule is COCCOc1ccc(N2CCN(C(=O)C(C)(c3ccccc3)n3ncc4c3nc(N)n3nc(-c5ccco5)nc43)CC2)c(F)c1F. The normalized spacial score (nSPS) is 15.0. The van der Waals surface area contributed by atoms with Crippen molar-refractivity contribution in [2.24, 2.45) is 0 Å². The molecular weight excluding hydrogens is 612 g/mol. The van der Waals surface area contributed by atoms with Crippen LogP contribution in [0.2, 0.25) is 0 Å². The number of benzene rings is 2. The van der Waals surface area contributed by atoms with Gasteiger partial charge in [0.05, 0.1) is 30.1 Å². The van der Waals surface area contributed by atoms with E-state index in [2.05, 4.69) is 20.2 Å². The lowest BCUT2D eigenvalue weighted by Crippen LogP contribution is -2.56. The van der Waals surface area contributed by atoms with Crippen LogP contribution >= 0.6 is 0 Å². The highest BCUT2D eigenvalue weighted by Crippen LogP contribution is 2.34. The van der Waals surface area contributed by atoms with Gasteiger partial charge in [-0.25, -0.2) is 14.1 Å². The van der Waals surface area contributed by atoms with Crippen LogP contribution in [0.25, 0.3) is 28.3 Å². The second-order valence-electron chi connectivity index (χ2n) is 11.2. The van der Waals surface area contributed by atoms with Gasteiger partial charge in [-0.05, 0) is 36.8 Å². The maximum atomic E-state index is 15.1. The predicted octanol–water partition coefficient (Wildman–Crippen LogP) is 3.73. The van der Waals surface area contributed by atoms with Gasteiger partial charge in [0.15, 0.2) is 34.2 Å². The van der Waals surface area contributed by atoms with Gasteiger partial charge in [-0.1, -0.05) is 30.3 Å². The Hall–Kier alpha value is -5.57. The van der Waals surface area contributed by atoms with Gasteiger partial charge in [-0.3, -0.25) is 4.79 Å². The number of methoxy groups -OCH3 is 1. The number of hydrogen-bond acceptors (Lipinski definition) is 10. The average Bonchev–Trinajstić information content (AvgIpc) is 3.87. The highest BCUT2D eigenvalue weighted by atomic mass is 19.2. The summed E-state index contributed by atoms with van der Waals surface area (Å²) >= 11 is 0. The third kappa shape index (κ3) is 5.08. The van der Waals surface area contributed by atoms with Crippen molar-refractivity contribution in [3.8, 4) is 17.3 Å². The number of hydrogen-bond donors (Lipinski definition) is 1. The Labute approximate surface area is 267 Å². The van der Waals surface area contributed by atoms with Crippen LogP contribution in [0.5, 0.6) is 5.75 Å². The molecule has 1 fully saturated rings. The van der Waals surface area contributed by atoms with Gasteiger partial charge >= 0.3 is 0 Å². The van der Waals surface area contributed by atoms with Crippen molar-refractivity contribution in [1.29, 1.82) is 0 Å². The lowest BCUT2D eigenvalue weighted by molar-refractivity contribution is -0.138. The number of aromatic nitrogens is 6. The van der Waals surface area contributed by atoms with Crippen molar-refractivity contribution in [1.82, 2.24) is 34.3 Å². The second kappa shape index (κ2) is 12.0. The minimum absolute atomic E-state index is 0.0559. The molecule has 1 amide bonds. The minimum Gasteiger partial charge on any atom is -0.488 e. The fourth-order valence-corrected chi connectivity index (χ4v) is 5.92. The van der Waals surface area contributed by atoms with Crippen LogP contribution in [-0.4, -0.2) is 86.7 Å². The third-order valence-electron chi connectivity index (χ3n) is 8.43. The molecular formula is C32H31F2N9O4. The van der Waals surface area contributed by atoms with Crippen LogP contribution in [0.4, 0.5) is 20.4 Å². The summed E-state index contributed by atoms with van der Waals surface area (Å²) < 4.78 is 48.6. The first-order valence-electron chi connectivity index (χ1n) is 14.9. The summed E-state index contributed by atoms with van der Waals surface area (Å²) in [5.74, 6) is -1.66. The average molecular weight is 644 g/mol. The molecule has 1 aliphatic rings. The standard InChI is InChI=1S/C32H31F2N9O4/c1-32(20-7-4-3-5-8-20,43-29-21(19-36-43)28-37-27(24-9-6-16-46-24)39-42(28)31(35)38-29)30(44)41-14-12-40(13-15-41)22-10-11-23(26(34)25(22)33)47-18-17-45-2/h3-11,16,19H,12-15,17-18H2,1-2H3,(H2,35,38). The number of ether oxygens (including phenoxy) is 2. The zero-order chi connectivity index (χ0) is 32.7. The van der Waals surface area contributed by atoms with Crippen molar-refractivity contribution in [3.05, 3.63) is 84.3 Å². The van der Waals surface area contributed by atoms with Gasteiger partial charge in [0.25, 0.3) is 5.91 Å². The lowest BCUT2D eigenvalue weighted by Gasteiger charge is -2.41. The maximum absolute atomic E-state index is 15.1. The van der Waals surface area contributed by atoms with Crippen molar-refractivity contribution in [2.75, 3.05) is 57.1 Å². The van der Waals surface area contributed by atoms with Crippen molar-refractivity contribution < 1.29 is 27.5 Å². The lowest BCUT2D eigenvalue weighted by atomic mass is 9.90. The molecule has 242 valence electrons. The third-order valence-corrected chi connectivity index (χ3v) is 8.43. The summed E-state index contributed by atoms with van der Waals surface area (Å²) in [6.07, 6.45) is 3.11. The number of nitrogens with two attached hydrogens (primary N) is 1. The number of carbonyl (C=O) groups excluding carboxylic acids is 1. The number of anilines is 2. The Morgan fingerprint density at radius 2 is 1.77 bits per heavy atom. The zero-order valence-electron chi connectivity index (χ0n) is 25.6. The van der Waals surface area contributed by atoms with Gasteiger partial charge in [0.1, 0.15) is 6.61 Å². The molecule has 1 saturated heterocycles. The predicted molar refractivity (Wildman–Crippen MR) is 168 cm³/mol. The number of carbonyl (C=O) groups is 1. The Balaban J connectivity index is 1.20. The molecule has 0 radical (unpaired) electrons. The molecule has 1 aliphatic heterocycles. The summed E-state index contributed by atoms with van der Waals surface area (Å²) in [4.78, 5) is 27.2. The van der Waals surface area contributed by atoms with Gasteiger partial charge < -0.3 is 29.4 Å². The van der Waals surface area contributed by atoms with E-state index in [-0.39, 0.29) is 62.7 Å². The van der Waals surface area contributed by atoms with Crippen LogP contribution in [0.3, 0.4) is 0 Å². The Morgan fingerprint density at radius 3 is 2.49 bits per heavy atom. The van der Waals surface area contributed by atoms with E-state index in [4.69, 9.17) is 19.6 Å². The van der Waals surface area contributed by atoms with E-state index in [0.717, 1.165) is 0 Å². The molecule has 0 saturated carbocycles. The number of amides is 1. The fourth-order valence-electron chi connectivity index (χ4n) is 5.92. The molecule has 7 rings (SSSR count). The van der Waals surface area contributed by atoms with E-state index in [0.29, 0.717) is 33.8 Å². The number of piperazine rings is 1. The van der Waals surface area contributed by atoms with E-state index >= 15 is 4.39 Å². The van der Waals surface area contributed by atoms with E-state index in [9.17, 15) is 9.18 Å². The summed E-state index contributed by atoms with van der Waals surface area (Å²) in [7, 11) is 1.50. The number of furan rings is 1. The molecule has 0 spiro atoms. The molecule has 47 heavy (non-hydrogen) atoms. The summed E-state index contributed by atoms with van der Waals surface area (Å²) in [5.41, 5.74) is 6.53. The van der Waals surface area contributed by atoms with Gasteiger partial charge in [-0.15, -0.1) is 5.10 Å². The van der Waals surface area contributed by atoms with Crippen molar-refractivity contribution in [2.45, 2.75) is 12.5 Å². The highest BCUT2D eigenvalue weighted by Gasteiger charge is 2.43. The summed E-state index contributed by atoms with van der Waals surface area (Å²) in [5, 5.41) is 9.66. The summed E-state index contributed by atoms with van der Waals surface area (Å²) in [6.45, 7) is 3.18. The fraction of sp³-hybridized carbons (Fsp3) is 0.281. The molecule has 1 atom stereocenters. The topological polar surface area (TPSA) is 142 Å². The highest BCUT2D eigenvalue weighted by molar-refractivity contribution is 5.94. The van der Waals surface area contributed by atoms with Crippen LogP contribution in [0.15, 0.2) is 71.5 Å². The molecule has 1 unspecified atom stereocenters. The van der Waals surface area contributed by atoms with Gasteiger partial charge in [0.2, 0.25) is 17.6 Å². The Bertz CT molecular complexity index is 2060. The zero-order valence-corrected chi connectivity index (χ0v) is 25.6. The van der Waals surface area contributed by atoms with E-state index in [1.165, 1.54) is 30.0 Å². The quantitative estimate of drug-likeness (QED) is 0.232. The largest absolute Gasteiger partial charge is 0.488 e. The Morgan fingerprint density at radius 1 is 0.979 bits per heavy atom. The molecule has 0 aliphatic carbocycles. The number of halogens is 2. The van der Waals surface area contributed by atoms with Crippen molar-refractivity contribution >= 4 is 34.2 Å². The first-order chi connectivity index (χ1) is 22.8. The molecule has 0 bridgehead atoms. The smallest absolute Gasteiger partial charge is 0.255 e. The van der Waals surface area contributed by atoms with Crippen LogP contribution in [0.1, 0.15) is 12.5 Å². The van der Waals surface area contributed by atoms with Crippen LogP contribution in [-0.2, 0) is 15.1 Å². The molecule has 15 heteroatoms. The first kappa shape index (κ1) is 30.1. The van der Waals surface area contributed by atoms with Gasteiger partial charge in [0, 0.05) is 33.3 Å². The van der Waals surface area contributed by atoms with E-state index in [1.54, 1.807) is 39.7 Å². The van der Waals surface area contributed by atoms with Crippen molar-refractivity contribution in [3.63, 3.8) is 0 Å². The monoisotopic (exact) mass is 643 g/mol. The van der Waals surface area contributed by atoms with Gasteiger partial charge in [-0.2, -0.15) is 19.0 Å². The molecule has 13 nitrogen and oxygen atoms in total. The molecule has 6 aromatic rings. The maximum Gasteiger partial charge on any atom is 0.255 e. The first-order valence-corrected chi connectivity index (χ1v) is 14.9. The number of fused-ring (bicyclic) bond motifs is 3. The minimum atomic E-state index is -1.36.